The molecule has 160 valence electrons. The number of nitriles is 1. The smallest absolute Gasteiger partial charge is 0.262 e. The Morgan fingerprint density at radius 1 is 1.06 bits per heavy atom. The lowest BCUT2D eigenvalue weighted by Gasteiger charge is -2.45. The number of nitrogens with one attached hydrogen (secondary N) is 1. The van der Waals surface area contributed by atoms with Gasteiger partial charge in [-0.15, -0.1) is 0 Å². The average molecular weight is 417 g/mol. The molecular formula is C26H28N2O3. The molecule has 1 aliphatic carbocycles. The molecule has 0 radical (unpaired) electrons. The second-order valence-corrected chi connectivity index (χ2v) is 8.48. The molecule has 1 heterocycles. The summed E-state index contributed by atoms with van der Waals surface area (Å²) in [6.07, 6.45) is 3.92. The van der Waals surface area contributed by atoms with Crippen LogP contribution in [0.5, 0.6) is 11.5 Å². The predicted molar refractivity (Wildman–Crippen MR) is 120 cm³/mol. The first kappa shape index (κ1) is 21.0. The Hall–Kier alpha value is -3.26. The van der Waals surface area contributed by atoms with Crippen LogP contribution < -0.4 is 14.8 Å². The Balaban J connectivity index is 1.74. The number of methoxy groups -OCH3 is 1. The van der Waals surface area contributed by atoms with E-state index in [2.05, 4.69) is 25.2 Å². The van der Waals surface area contributed by atoms with Crippen molar-refractivity contribution in [3.8, 4) is 17.6 Å². The molecule has 2 aromatic rings. The first-order chi connectivity index (χ1) is 15.0. The van der Waals surface area contributed by atoms with E-state index in [1.54, 1.807) is 7.11 Å². The molecule has 5 heteroatoms. The highest BCUT2D eigenvalue weighted by Crippen LogP contribution is 2.67. The largest absolute Gasteiger partial charge is 0.497 e. The van der Waals surface area contributed by atoms with Crippen LogP contribution in [0.3, 0.4) is 0 Å². The molecule has 1 saturated carbocycles. The van der Waals surface area contributed by atoms with Crippen molar-refractivity contribution in [1.82, 2.24) is 5.32 Å². The van der Waals surface area contributed by atoms with E-state index in [1.165, 1.54) is 0 Å². The fraction of sp³-hybridized carbons (Fsp3) is 0.385. The van der Waals surface area contributed by atoms with Crippen LogP contribution in [0, 0.1) is 16.7 Å². The summed E-state index contributed by atoms with van der Waals surface area (Å²) < 4.78 is 11.1. The fourth-order valence-electron chi connectivity index (χ4n) is 4.74. The van der Waals surface area contributed by atoms with Crippen molar-refractivity contribution >= 4 is 11.5 Å². The molecule has 1 aliphatic heterocycles. The Morgan fingerprint density at radius 2 is 1.71 bits per heavy atom. The van der Waals surface area contributed by atoms with E-state index in [0.29, 0.717) is 6.61 Å². The van der Waals surface area contributed by atoms with Crippen LogP contribution in [0.25, 0.3) is 5.57 Å². The molecule has 1 atom stereocenters. The summed E-state index contributed by atoms with van der Waals surface area (Å²) in [4.78, 5) is 13.0. The lowest BCUT2D eigenvalue weighted by atomic mass is 9.67. The molecule has 1 fully saturated rings. The second-order valence-electron chi connectivity index (χ2n) is 8.48. The number of unbranched alkanes of at least 4 members (excludes halogenated alkanes) is 1. The highest BCUT2D eigenvalue weighted by atomic mass is 16.5. The number of amides is 1. The van der Waals surface area contributed by atoms with Gasteiger partial charge in [-0.1, -0.05) is 37.6 Å². The molecule has 1 N–H and O–H groups in total. The van der Waals surface area contributed by atoms with Crippen LogP contribution in [0.15, 0.2) is 54.1 Å². The molecule has 0 saturated heterocycles. The second kappa shape index (κ2) is 8.11. The maximum atomic E-state index is 13.0. The summed E-state index contributed by atoms with van der Waals surface area (Å²) in [6.45, 7) is 4.91. The molecule has 1 unspecified atom stereocenters. The molecule has 1 amide bonds. The van der Waals surface area contributed by atoms with E-state index in [9.17, 15) is 10.1 Å². The standard InChI is InChI=1S/C26H28N2O3/c1-4-5-16-31-21-12-8-19(9-13-21)25(2)26(14-15-26)23(22(17-27)24(29)28-25)18-6-10-20(30-3)11-7-18/h6-13H,4-5,14-16H2,1-3H3,(H,28,29). The zero-order chi connectivity index (χ0) is 22.1. The van der Waals surface area contributed by atoms with Gasteiger partial charge in [-0.3, -0.25) is 4.79 Å². The van der Waals surface area contributed by atoms with E-state index < -0.39 is 5.54 Å². The van der Waals surface area contributed by atoms with Crippen LogP contribution in [-0.2, 0) is 10.3 Å². The van der Waals surface area contributed by atoms with Crippen LogP contribution in [0.4, 0.5) is 0 Å². The minimum atomic E-state index is -0.609. The summed E-state index contributed by atoms with van der Waals surface area (Å²) in [5, 5.41) is 13.0. The van der Waals surface area contributed by atoms with E-state index in [-0.39, 0.29) is 16.9 Å². The van der Waals surface area contributed by atoms with Gasteiger partial charge in [0.15, 0.2) is 0 Å². The van der Waals surface area contributed by atoms with Crippen LogP contribution in [0.1, 0.15) is 50.7 Å². The summed E-state index contributed by atoms with van der Waals surface area (Å²) >= 11 is 0. The van der Waals surface area contributed by atoms with Gasteiger partial charge in [-0.25, -0.2) is 0 Å². The molecular weight excluding hydrogens is 388 g/mol. The third-order valence-corrected chi connectivity index (χ3v) is 6.72. The summed E-state index contributed by atoms with van der Waals surface area (Å²) in [5.74, 6) is 1.25. The highest BCUT2D eigenvalue weighted by Gasteiger charge is 2.64. The first-order valence-corrected chi connectivity index (χ1v) is 10.8. The minimum Gasteiger partial charge on any atom is -0.497 e. The van der Waals surface area contributed by atoms with Crippen LogP contribution in [0.2, 0.25) is 0 Å². The zero-order valence-electron chi connectivity index (χ0n) is 18.3. The number of benzene rings is 2. The SMILES string of the molecule is CCCCOc1ccc(C2(C)NC(=O)C(C#N)=C(c3ccc(OC)cc3)C23CC3)cc1. The van der Waals surface area contributed by atoms with Gasteiger partial charge in [0.25, 0.3) is 5.91 Å². The number of carbonyl (C=O) groups is 1. The van der Waals surface area contributed by atoms with Crippen molar-refractivity contribution in [2.75, 3.05) is 13.7 Å². The van der Waals surface area contributed by atoms with Gasteiger partial charge in [0, 0.05) is 5.41 Å². The number of ether oxygens (including phenoxy) is 2. The Bertz CT molecular complexity index is 1040. The maximum absolute atomic E-state index is 13.0. The molecule has 1 spiro atoms. The number of nitrogens with zero attached hydrogens (tertiary/aromatic N) is 1. The van der Waals surface area contributed by atoms with Gasteiger partial charge in [-0.05, 0) is 67.2 Å². The predicted octanol–water partition coefficient (Wildman–Crippen LogP) is 4.98. The zero-order valence-corrected chi connectivity index (χ0v) is 18.3. The third kappa shape index (κ3) is 3.46. The average Bonchev–Trinajstić information content (AvgIpc) is 3.59. The van der Waals surface area contributed by atoms with E-state index >= 15 is 0 Å². The lowest BCUT2D eigenvalue weighted by molar-refractivity contribution is -0.120. The Labute approximate surface area is 183 Å². The van der Waals surface area contributed by atoms with Gasteiger partial charge in [0.05, 0.1) is 19.3 Å². The molecule has 2 aliphatic rings. The number of rotatable bonds is 7. The fourth-order valence-corrected chi connectivity index (χ4v) is 4.74. The van der Waals surface area contributed by atoms with Crippen LogP contribution in [-0.4, -0.2) is 19.6 Å². The first-order valence-electron chi connectivity index (χ1n) is 10.8. The Morgan fingerprint density at radius 3 is 2.26 bits per heavy atom. The molecule has 2 aromatic carbocycles. The molecule has 31 heavy (non-hydrogen) atoms. The molecule has 0 aromatic heterocycles. The maximum Gasteiger partial charge on any atom is 0.262 e. The van der Waals surface area contributed by atoms with Crippen molar-refractivity contribution in [1.29, 1.82) is 5.26 Å². The van der Waals surface area contributed by atoms with E-state index in [1.807, 2.05) is 48.5 Å². The van der Waals surface area contributed by atoms with Gasteiger partial charge in [-0.2, -0.15) is 5.26 Å². The van der Waals surface area contributed by atoms with E-state index in [0.717, 1.165) is 53.9 Å². The summed E-state index contributed by atoms with van der Waals surface area (Å²) in [7, 11) is 1.62. The van der Waals surface area contributed by atoms with Gasteiger partial charge in [0.1, 0.15) is 23.1 Å². The van der Waals surface area contributed by atoms with Crippen molar-refractivity contribution in [3.63, 3.8) is 0 Å². The Kier molecular flexibility index (Phi) is 5.49. The number of hydrogen-bond acceptors (Lipinski definition) is 4. The number of hydrogen-bond donors (Lipinski definition) is 1. The molecule has 0 bridgehead atoms. The quantitative estimate of drug-likeness (QED) is 0.647. The van der Waals surface area contributed by atoms with Crippen molar-refractivity contribution in [2.24, 2.45) is 5.41 Å². The van der Waals surface area contributed by atoms with Crippen molar-refractivity contribution in [3.05, 3.63) is 65.2 Å². The van der Waals surface area contributed by atoms with E-state index in [4.69, 9.17) is 9.47 Å². The monoisotopic (exact) mass is 416 g/mol. The van der Waals surface area contributed by atoms with Gasteiger partial charge in [0.2, 0.25) is 0 Å². The summed E-state index contributed by atoms with van der Waals surface area (Å²) in [6, 6.07) is 17.8. The number of carbonyl (C=O) groups excluding carboxylic acids is 1. The lowest BCUT2D eigenvalue weighted by Crippen LogP contribution is -2.54. The van der Waals surface area contributed by atoms with Gasteiger partial charge >= 0.3 is 0 Å². The normalized spacial score (nSPS) is 21.4. The molecule has 4 rings (SSSR count). The van der Waals surface area contributed by atoms with Crippen molar-refractivity contribution < 1.29 is 14.3 Å². The highest BCUT2D eigenvalue weighted by molar-refractivity contribution is 6.09. The third-order valence-electron chi connectivity index (χ3n) is 6.72. The molecule has 5 nitrogen and oxygen atoms in total. The summed E-state index contributed by atoms with van der Waals surface area (Å²) in [5.41, 5.74) is 2.04. The topological polar surface area (TPSA) is 71.3 Å². The van der Waals surface area contributed by atoms with Gasteiger partial charge < -0.3 is 14.8 Å². The van der Waals surface area contributed by atoms with Crippen LogP contribution >= 0.6 is 0 Å². The van der Waals surface area contributed by atoms with Crippen molar-refractivity contribution in [2.45, 2.75) is 45.1 Å². The minimum absolute atomic E-state index is 0.208.